The molecule has 0 saturated carbocycles. The maximum absolute atomic E-state index is 11.5. The molecule has 0 unspecified atom stereocenters. The van der Waals surface area contributed by atoms with Gasteiger partial charge < -0.3 is 0 Å². The molecule has 0 atom stereocenters. The molecule has 0 aliphatic heterocycles. The lowest BCUT2D eigenvalue weighted by Gasteiger charge is -2.01. The molecule has 0 fully saturated rings. The maximum atomic E-state index is 11.5. The maximum Gasteiger partial charge on any atom is 0.177 e. The molecule has 1 rings (SSSR count). The summed E-state index contributed by atoms with van der Waals surface area (Å²) in [4.78, 5) is 11.5. The zero-order chi connectivity index (χ0) is 11.5. The topological polar surface area (TPSA) is 51.2 Å². The molecular weight excluding hydrogens is 236 g/mol. The number of hydrogen-bond acceptors (Lipinski definition) is 3. The van der Waals surface area contributed by atoms with E-state index >= 15 is 0 Å². The van der Waals surface area contributed by atoms with E-state index in [9.17, 15) is 13.2 Å². The van der Waals surface area contributed by atoms with Crippen molar-refractivity contribution in [2.24, 2.45) is 0 Å². The average Bonchev–Trinajstić information content (AvgIpc) is 2.18. The minimum absolute atomic E-state index is 0.0215. The number of benzene rings is 1. The number of Topliss-reactive ketones (excluding diaryl/α,β-unsaturated/α-hetero) is 1. The van der Waals surface area contributed by atoms with Crippen molar-refractivity contribution in [2.75, 3.05) is 11.5 Å². The Morgan fingerprint density at radius 2 is 1.80 bits per heavy atom. The minimum atomic E-state index is -3.26. The van der Waals surface area contributed by atoms with Crippen molar-refractivity contribution >= 4 is 27.2 Å². The second-order valence-corrected chi connectivity index (χ2v) is 5.90. The Morgan fingerprint density at radius 3 is 2.27 bits per heavy atom. The Labute approximate surface area is 94.0 Å². The van der Waals surface area contributed by atoms with Crippen molar-refractivity contribution in [3.63, 3.8) is 0 Å². The van der Waals surface area contributed by atoms with E-state index in [1.165, 1.54) is 19.1 Å². The van der Waals surface area contributed by atoms with Gasteiger partial charge >= 0.3 is 0 Å². The minimum Gasteiger partial charge on any atom is -0.293 e. The Bertz CT molecular complexity index is 448. The van der Waals surface area contributed by atoms with Gasteiger partial charge in [0.15, 0.2) is 15.6 Å². The highest BCUT2D eigenvalue weighted by Crippen LogP contribution is 2.10. The van der Waals surface area contributed by atoms with Crippen LogP contribution in [0.25, 0.3) is 0 Å². The van der Waals surface area contributed by atoms with Gasteiger partial charge in [-0.25, -0.2) is 8.42 Å². The Morgan fingerprint density at radius 1 is 1.27 bits per heavy atom. The van der Waals surface area contributed by atoms with Crippen molar-refractivity contribution in [3.05, 3.63) is 34.9 Å². The van der Waals surface area contributed by atoms with E-state index in [4.69, 9.17) is 11.6 Å². The van der Waals surface area contributed by atoms with Gasteiger partial charge in [-0.05, 0) is 24.3 Å². The van der Waals surface area contributed by atoms with Crippen molar-refractivity contribution in [1.82, 2.24) is 0 Å². The molecule has 0 aliphatic carbocycles. The van der Waals surface area contributed by atoms with E-state index in [1.807, 2.05) is 0 Å². The van der Waals surface area contributed by atoms with Crippen LogP contribution in [-0.2, 0) is 9.84 Å². The van der Waals surface area contributed by atoms with E-state index in [0.717, 1.165) is 0 Å². The molecule has 0 N–H and O–H groups in total. The number of rotatable bonds is 4. The highest BCUT2D eigenvalue weighted by molar-refractivity contribution is 7.92. The molecule has 3 nitrogen and oxygen atoms in total. The van der Waals surface area contributed by atoms with Crippen molar-refractivity contribution in [1.29, 1.82) is 0 Å². The third-order valence-electron chi connectivity index (χ3n) is 1.96. The molecule has 0 spiro atoms. The molecular formula is C10H11ClO3S. The lowest BCUT2D eigenvalue weighted by molar-refractivity contribution is 0.102. The van der Waals surface area contributed by atoms with Crippen LogP contribution < -0.4 is 0 Å². The normalized spacial score (nSPS) is 11.3. The zero-order valence-electron chi connectivity index (χ0n) is 8.23. The first-order chi connectivity index (χ1) is 6.94. The lowest BCUT2D eigenvalue weighted by atomic mass is 10.1. The van der Waals surface area contributed by atoms with Crippen molar-refractivity contribution in [3.8, 4) is 0 Å². The highest BCUT2D eigenvalue weighted by Gasteiger charge is 2.15. The third-order valence-corrected chi connectivity index (χ3v) is 3.79. The number of hydrogen-bond donors (Lipinski definition) is 0. The molecule has 5 heteroatoms. The molecule has 1 aromatic carbocycles. The lowest BCUT2D eigenvalue weighted by Crippen LogP contribution is -2.17. The third kappa shape index (κ3) is 3.64. The van der Waals surface area contributed by atoms with Crippen LogP contribution in [0.15, 0.2) is 24.3 Å². The first-order valence-corrected chi connectivity index (χ1v) is 6.64. The van der Waals surface area contributed by atoms with Gasteiger partial charge in [-0.1, -0.05) is 18.5 Å². The summed E-state index contributed by atoms with van der Waals surface area (Å²) in [5, 5.41) is 0.518. The Hall–Kier alpha value is -0.870. The Balaban J connectivity index is 2.83. The van der Waals surface area contributed by atoms with Crippen LogP contribution in [0.4, 0.5) is 0 Å². The molecule has 0 aromatic heterocycles. The number of halogens is 1. The standard InChI is InChI=1S/C10H11ClO3S/c1-2-15(13,14)7-10(12)8-3-5-9(11)6-4-8/h3-6H,2,7H2,1H3. The predicted molar refractivity (Wildman–Crippen MR) is 60.1 cm³/mol. The number of sulfone groups is 1. The van der Waals surface area contributed by atoms with Crippen molar-refractivity contribution in [2.45, 2.75) is 6.92 Å². The molecule has 0 amide bonds. The summed E-state index contributed by atoms with van der Waals surface area (Å²) >= 11 is 5.65. The van der Waals surface area contributed by atoms with Gasteiger partial charge in [0.25, 0.3) is 0 Å². The summed E-state index contributed by atoms with van der Waals surface area (Å²) in [5.41, 5.74) is 0.372. The first-order valence-electron chi connectivity index (χ1n) is 4.44. The largest absolute Gasteiger partial charge is 0.293 e. The summed E-state index contributed by atoms with van der Waals surface area (Å²) in [6.45, 7) is 1.52. The van der Waals surface area contributed by atoms with Gasteiger partial charge in [-0.3, -0.25) is 4.79 Å². The van der Waals surface area contributed by atoms with Crippen LogP contribution in [0.1, 0.15) is 17.3 Å². The van der Waals surface area contributed by atoms with E-state index in [1.54, 1.807) is 12.1 Å². The van der Waals surface area contributed by atoms with Crippen LogP contribution in [0.2, 0.25) is 5.02 Å². The van der Waals surface area contributed by atoms with E-state index in [-0.39, 0.29) is 5.75 Å². The van der Waals surface area contributed by atoms with Gasteiger partial charge in [-0.15, -0.1) is 0 Å². The molecule has 1 aromatic rings. The fraction of sp³-hybridized carbons (Fsp3) is 0.300. The van der Waals surface area contributed by atoms with Gasteiger partial charge in [0.2, 0.25) is 0 Å². The molecule has 0 saturated heterocycles. The molecule has 0 bridgehead atoms. The second kappa shape index (κ2) is 4.77. The predicted octanol–water partition coefficient (Wildman–Crippen LogP) is 1.96. The van der Waals surface area contributed by atoms with Gasteiger partial charge in [-0.2, -0.15) is 0 Å². The van der Waals surface area contributed by atoms with Crippen LogP contribution >= 0.6 is 11.6 Å². The number of ketones is 1. The molecule has 0 aliphatic rings. The summed E-state index contributed by atoms with van der Waals surface area (Å²) in [6.07, 6.45) is 0. The number of carbonyl (C=O) groups is 1. The average molecular weight is 247 g/mol. The quantitative estimate of drug-likeness (QED) is 0.763. The molecule has 0 radical (unpaired) electrons. The summed E-state index contributed by atoms with van der Waals surface area (Å²) in [6, 6.07) is 6.17. The Kier molecular flexibility index (Phi) is 3.88. The van der Waals surface area contributed by atoms with Crippen molar-refractivity contribution < 1.29 is 13.2 Å². The monoisotopic (exact) mass is 246 g/mol. The van der Waals surface area contributed by atoms with E-state index in [0.29, 0.717) is 10.6 Å². The van der Waals surface area contributed by atoms with Crippen LogP contribution in [0.5, 0.6) is 0 Å². The van der Waals surface area contributed by atoms with Crippen LogP contribution in [0.3, 0.4) is 0 Å². The van der Waals surface area contributed by atoms with E-state index < -0.39 is 21.4 Å². The second-order valence-electron chi connectivity index (χ2n) is 3.11. The summed E-state index contributed by atoms with van der Waals surface area (Å²) in [5.74, 6) is -0.856. The molecule has 0 heterocycles. The highest BCUT2D eigenvalue weighted by atomic mass is 35.5. The summed E-state index contributed by atoms with van der Waals surface area (Å²) < 4.78 is 22.4. The fourth-order valence-corrected chi connectivity index (χ4v) is 1.92. The van der Waals surface area contributed by atoms with Gasteiger partial charge in [0, 0.05) is 16.3 Å². The number of carbonyl (C=O) groups excluding carboxylic acids is 1. The zero-order valence-corrected chi connectivity index (χ0v) is 9.81. The van der Waals surface area contributed by atoms with Gasteiger partial charge in [0.05, 0.1) is 0 Å². The molecule has 82 valence electrons. The molecule has 15 heavy (non-hydrogen) atoms. The first kappa shape index (κ1) is 12.2. The smallest absolute Gasteiger partial charge is 0.177 e. The van der Waals surface area contributed by atoms with Gasteiger partial charge in [0.1, 0.15) is 5.75 Å². The van der Waals surface area contributed by atoms with E-state index in [2.05, 4.69) is 0 Å². The summed E-state index contributed by atoms with van der Waals surface area (Å²) in [7, 11) is -3.26. The fourth-order valence-electron chi connectivity index (χ4n) is 1.02. The van der Waals surface area contributed by atoms with Crippen LogP contribution in [0, 0.1) is 0 Å². The van der Waals surface area contributed by atoms with Crippen LogP contribution in [-0.4, -0.2) is 25.7 Å². The SMILES string of the molecule is CCS(=O)(=O)CC(=O)c1ccc(Cl)cc1.